The van der Waals surface area contributed by atoms with Gasteiger partial charge in [-0.3, -0.25) is 9.88 Å². The molecule has 27 heavy (non-hydrogen) atoms. The van der Waals surface area contributed by atoms with Crippen LogP contribution >= 0.6 is 0 Å². The molecule has 2 fully saturated rings. The lowest BCUT2D eigenvalue weighted by Gasteiger charge is -2.35. The maximum absolute atomic E-state index is 12.6. The quantitative estimate of drug-likeness (QED) is 0.817. The molecular weight excluding hydrogens is 355 g/mol. The Hall–Kier alpha value is -2.22. The Kier molecular flexibility index (Phi) is 4.75. The van der Waals surface area contributed by atoms with Crippen molar-refractivity contribution in [2.24, 2.45) is 0 Å². The highest BCUT2D eigenvalue weighted by Gasteiger charge is 2.31. The van der Waals surface area contributed by atoms with Crippen molar-refractivity contribution < 1.29 is 13.2 Å². The molecule has 0 radical (unpaired) electrons. The van der Waals surface area contributed by atoms with Crippen LogP contribution in [0.5, 0.6) is 0 Å². The molecule has 144 valence electrons. The summed E-state index contributed by atoms with van der Waals surface area (Å²) >= 11 is 0. The average Bonchev–Trinajstić information content (AvgIpc) is 3.47. The summed E-state index contributed by atoms with van der Waals surface area (Å²) in [5.41, 5.74) is 0.949. The zero-order chi connectivity index (χ0) is 19.0. The molecule has 0 spiro atoms. The van der Waals surface area contributed by atoms with Crippen LogP contribution in [0.2, 0.25) is 0 Å². The first-order valence-corrected chi connectivity index (χ1v) is 9.23. The summed E-state index contributed by atoms with van der Waals surface area (Å²) in [4.78, 5) is 17.7. The highest BCUT2D eigenvalue weighted by atomic mass is 19.4. The lowest BCUT2D eigenvalue weighted by Crippen LogP contribution is -2.46. The molecule has 0 unspecified atom stereocenters. The van der Waals surface area contributed by atoms with Crippen LogP contribution in [0.25, 0.3) is 0 Å². The van der Waals surface area contributed by atoms with E-state index in [4.69, 9.17) is 4.98 Å². The van der Waals surface area contributed by atoms with Gasteiger partial charge < -0.3 is 4.90 Å². The third-order valence-corrected chi connectivity index (χ3v) is 5.03. The van der Waals surface area contributed by atoms with E-state index >= 15 is 0 Å². The van der Waals surface area contributed by atoms with Crippen LogP contribution in [0.4, 0.5) is 19.0 Å². The molecule has 0 bridgehead atoms. The van der Waals surface area contributed by atoms with Crippen LogP contribution in [0.15, 0.2) is 24.4 Å². The number of anilines is 1. The summed E-state index contributed by atoms with van der Waals surface area (Å²) in [6.45, 7) is 5.88. The predicted molar refractivity (Wildman–Crippen MR) is 95.5 cm³/mol. The molecule has 2 aromatic heterocycles. The van der Waals surface area contributed by atoms with Gasteiger partial charge in [-0.1, -0.05) is 0 Å². The second-order valence-corrected chi connectivity index (χ2v) is 7.30. The number of nitrogens with zero attached hydrogens (tertiary/aromatic N) is 5. The number of halogens is 3. The highest BCUT2D eigenvalue weighted by molar-refractivity contribution is 5.41. The summed E-state index contributed by atoms with van der Waals surface area (Å²) in [6, 6.07) is 4.59. The second kappa shape index (κ2) is 7.07. The Labute approximate surface area is 156 Å². The molecule has 0 N–H and O–H groups in total. The van der Waals surface area contributed by atoms with Gasteiger partial charge in [0.2, 0.25) is 0 Å². The molecule has 2 aromatic rings. The molecular formula is C19H22F3N5. The maximum atomic E-state index is 12.6. The number of aromatic nitrogens is 3. The van der Waals surface area contributed by atoms with E-state index in [1.807, 2.05) is 13.0 Å². The van der Waals surface area contributed by atoms with Gasteiger partial charge >= 0.3 is 6.18 Å². The largest absolute Gasteiger partial charge is 0.417 e. The minimum atomic E-state index is -4.34. The lowest BCUT2D eigenvalue weighted by molar-refractivity contribution is -0.137. The first-order valence-electron chi connectivity index (χ1n) is 9.23. The molecule has 3 heterocycles. The van der Waals surface area contributed by atoms with E-state index in [1.54, 1.807) is 0 Å². The standard InChI is InChI=1S/C19H22F3N5/c1-13-10-17(25-18(24-13)14-2-3-14)27-8-6-26(7-9-27)12-16-5-4-15(11-23-16)19(20,21)22/h4-5,10-11,14H,2-3,6-9,12H2,1H3. The Morgan fingerprint density at radius 3 is 2.41 bits per heavy atom. The number of pyridine rings is 1. The van der Waals surface area contributed by atoms with Crippen molar-refractivity contribution in [3.63, 3.8) is 0 Å². The second-order valence-electron chi connectivity index (χ2n) is 7.30. The molecule has 8 heteroatoms. The Balaban J connectivity index is 1.35. The topological polar surface area (TPSA) is 45.2 Å². The van der Waals surface area contributed by atoms with Gasteiger partial charge in [-0.15, -0.1) is 0 Å². The first kappa shape index (κ1) is 18.2. The van der Waals surface area contributed by atoms with Crippen LogP contribution in [-0.2, 0) is 12.7 Å². The smallest absolute Gasteiger partial charge is 0.354 e. The molecule has 0 atom stereocenters. The molecule has 4 rings (SSSR count). The van der Waals surface area contributed by atoms with Gasteiger partial charge in [0, 0.05) is 56.6 Å². The fraction of sp³-hybridized carbons (Fsp3) is 0.526. The van der Waals surface area contributed by atoms with Crippen LogP contribution in [0.1, 0.15) is 41.5 Å². The van der Waals surface area contributed by atoms with Crippen molar-refractivity contribution in [3.8, 4) is 0 Å². The van der Waals surface area contributed by atoms with E-state index in [2.05, 4.69) is 19.8 Å². The van der Waals surface area contributed by atoms with E-state index in [0.717, 1.165) is 55.8 Å². The maximum Gasteiger partial charge on any atom is 0.417 e. The molecule has 0 aromatic carbocycles. The number of piperazine rings is 1. The molecule has 0 amide bonds. The fourth-order valence-electron chi connectivity index (χ4n) is 3.31. The number of hydrogen-bond donors (Lipinski definition) is 0. The number of hydrogen-bond acceptors (Lipinski definition) is 5. The summed E-state index contributed by atoms with van der Waals surface area (Å²) in [6.07, 6.45) is -1.07. The predicted octanol–water partition coefficient (Wildman–Crippen LogP) is 3.40. The minimum Gasteiger partial charge on any atom is -0.354 e. The molecule has 1 aliphatic carbocycles. The first-order chi connectivity index (χ1) is 12.9. The van der Waals surface area contributed by atoms with Gasteiger partial charge in [-0.05, 0) is 31.9 Å². The molecule has 5 nitrogen and oxygen atoms in total. The number of alkyl halides is 3. The van der Waals surface area contributed by atoms with Crippen molar-refractivity contribution >= 4 is 5.82 Å². The van der Waals surface area contributed by atoms with Crippen LogP contribution in [-0.4, -0.2) is 46.0 Å². The van der Waals surface area contributed by atoms with Crippen LogP contribution in [0.3, 0.4) is 0 Å². The summed E-state index contributed by atoms with van der Waals surface area (Å²) in [5.74, 6) is 2.47. The zero-order valence-corrected chi connectivity index (χ0v) is 15.2. The SMILES string of the molecule is Cc1cc(N2CCN(Cc3ccc(C(F)(F)F)cn3)CC2)nc(C2CC2)n1. The summed E-state index contributed by atoms with van der Waals surface area (Å²) in [5, 5.41) is 0. The molecule has 1 saturated carbocycles. The highest BCUT2D eigenvalue weighted by Crippen LogP contribution is 2.38. The lowest BCUT2D eigenvalue weighted by atomic mass is 10.2. The van der Waals surface area contributed by atoms with E-state index < -0.39 is 11.7 Å². The monoisotopic (exact) mass is 377 g/mol. The zero-order valence-electron chi connectivity index (χ0n) is 15.2. The van der Waals surface area contributed by atoms with Gasteiger partial charge in [0.05, 0.1) is 11.3 Å². The Bertz CT molecular complexity index is 794. The van der Waals surface area contributed by atoms with Crippen molar-refractivity contribution in [1.29, 1.82) is 0 Å². The van der Waals surface area contributed by atoms with Crippen molar-refractivity contribution in [2.75, 3.05) is 31.1 Å². The molecule has 1 saturated heterocycles. The van der Waals surface area contributed by atoms with E-state index in [-0.39, 0.29) is 0 Å². The van der Waals surface area contributed by atoms with Gasteiger partial charge in [-0.2, -0.15) is 13.2 Å². The third kappa shape index (κ3) is 4.37. The van der Waals surface area contributed by atoms with Crippen LogP contribution in [0, 0.1) is 6.92 Å². The summed E-state index contributed by atoms with van der Waals surface area (Å²) < 4.78 is 37.9. The van der Waals surface area contributed by atoms with E-state index in [1.165, 1.54) is 18.9 Å². The fourth-order valence-corrected chi connectivity index (χ4v) is 3.31. The normalized spacial score (nSPS) is 18.7. The molecule has 2 aliphatic rings. The number of aryl methyl sites for hydroxylation is 1. The number of rotatable bonds is 4. The molecule has 1 aliphatic heterocycles. The van der Waals surface area contributed by atoms with Crippen molar-refractivity contribution in [1.82, 2.24) is 19.9 Å². The van der Waals surface area contributed by atoms with E-state index in [0.29, 0.717) is 18.2 Å². The third-order valence-electron chi connectivity index (χ3n) is 5.03. The van der Waals surface area contributed by atoms with Crippen molar-refractivity contribution in [3.05, 3.63) is 47.2 Å². The summed E-state index contributed by atoms with van der Waals surface area (Å²) in [7, 11) is 0. The van der Waals surface area contributed by atoms with Gasteiger partial charge in [0.25, 0.3) is 0 Å². The Morgan fingerprint density at radius 2 is 1.81 bits per heavy atom. The van der Waals surface area contributed by atoms with Crippen molar-refractivity contribution in [2.45, 2.75) is 38.4 Å². The average molecular weight is 377 g/mol. The van der Waals surface area contributed by atoms with Gasteiger partial charge in [-0.25, -0.2) is 9.97 Å². The van der Waals surface area contributed by atoms with Gasteiger partial charge in [0.15, 0.2) is 0 Å². The van der Waals surface area contributed by atoms with Crippen LogP contribution < -0.4 is 4.90 Å². The Morgan fingerprint density at radius 1 is 1.07 bits per heavy atom. The minimum absolute atomic E-state index is 0.524. The van der Waals surface area contributed by atoms with Gasteiger partial charge in [0.1, 0.15) is 11.6 Å². The van der Waals surface area contributed by atoms with E-state index in [9.17, 15) is 13.2 Å².